The fraction of sp³-hybridized carbons (Fsp3) is 0.400. The summed E-state index contributed by atoms with van der Waals surface area (Å²) in [5.74, 6) is -0.112. The zero-order valence-corrected chi connectivity index (χ0v) is 8.11. The van der Waals surface area contributed by atoms with Gasteiger partial charge in [0.1, 0.15) is 0 Å². The average molecular weight is 193 g/mol. The van der Waals surface area contributed by atoms with Gasteiger partial charge in [-0.1, -0.05) is 13.8 Å². The van der Waals surface area contributed by atoms with Crippen LogP contribution in [0.1, 0.15) is 34.8 Å². The Balaban J connectivity index is 2.31. The van der Waals surface area contributed by atoms with Crippen molar-refractivity contribution in [3.05, 3.63) is 23.7 Å². The molecule has 0 N–H and O–H groups in total. The molecule has 0 saturated carbocycles. The molecule has 14 heavy (non-hydrogen) atoms. The second kappa shape index (κ2) is 2.97. The molecule has 74 valence electrons. The third-order valence-corrected chi connectivity index (χ3v) is 2.13. The lowest BCUT2D eigenvalue weighted by Crippen LogP contribution is -2.33. The van der Waals surface area contributed by atoms with Gasteiger partial charge in [-0.3, -0.25) is 14.5 Å². The first-order valence-electron chi connectivity index (χ1n) is 4.55. The molecule has 0 unspecified atom stereocenters. The van der Waals surface area contributed by atoms with Crippen LogP contribution in [0.15, 0.2) is 16.7 Å². The first-order valence-corrected chi connectivity index (χ1v) is 4.55. The van der Waals surface area contributed by atoms with Gasteiger partial charge in [0, 0.05) is 6.54 Å². The van der Waals surface area contributed by atoms with Crippen LogP contribution in [0.25, 0.3) is 0 Å². The van der Waals surface area contributed by atoms with Gasteiger partial charge < -0.3 is 4.42 Å². The van der Waals surface area contributed by atoms with Gasteiger partial charge in [-0.2, -0.15) is 0 Å². The molecule has 0 bridgehead atoms. The Morgan fingerprint density at radius 1 is 1.36 bits per heavy atom. The molecule has 2 heterocycles. The molecule has 0 aliphatic carbocycles. The van der Waals surface area contributed by atoms with Gasteiger partial charge in [0.05, 0.1) is 11.8 Å². The van der Waals surface area contributed by atoms with E-state index in [0.717, 1.165) is 0 Å². The minimum absolute atomic E-state index is 0.177. The van der Waals surface area contributed by atoms with Crippen LogP contribution < -0.4 is 0 Å². The topological polar surface area (TPSA) is 50.5 Å². The number of imide groups is 1. The summed E-state index contributed by atoms with van der Waals surface area (Å²) in [6.45, 7) is 4.36. The van der Waals surface area contributed by atoms with Crippen molar-refractivity contribution >= 4 is 11.8 Å². The number of furan rings is 1. The highest BCUT2D eigenvalue weighted by atomic mass is 16.3. The first kappa shape index (κ1) is 8.99. The Morgan fingerprint density at radius 3 is 2.64 bits per heavy atom. The molecule has 2 rings (SSSR count). The van der Waals surface area contributed by atoms with Crippen molar-refractivity contribution in [1.82, 2.24) is 4.90 Å². The van der Waals surface area contributed by atoms with Crippen LogP contribution in [0.2, 0.25) is 0 Å². The van der Waals surface area contributed by atoms with Crippen molar-refractivity contribution in [2.24, 2.45) is 5.92 Å². The zero-order chi connectivity index (χ0) is 10.3. The summed E-state index contributed by atoms with van der Waals surface area (Å²) in [4.78, 5) is 24.5. The molecule has 4 heteroatoms. The van der Waals surface area contributed by atoms with Gasteiger partial charge in [-0.15, -0.1) is 0 Å². The van der Waals surface area contributed by atoms with Crippen molar-refractivity contribution in [2.45, 2.75) is 13.8 Å². The number of hydrogen-bond donors (Lipinski definition) is 0. The van der Waals surface area contributed by atoms with Crippen molar-refractivity contribution < 1.29 is 14.0 Å². The normalized spacial score (nSPS) is 15.5. The molecular formula is C10H11NO3. The molecule has 0 spiro atoms. The predicted octanol–water partition coefficient (Wildman–Crippen LogP) is 1.53. The van der Waals surface area contributed by atoms with Crippen LogP contribution in [0.4, 0.5) is 0 Å². The maximum absolute atomic E-state index is 11.6. The molecule has 0 aromatic carbocycles. The van der Waals surface area contributed by atoms with Crippen LogP contribution in [0, 0.1) is 5.92 Å². The SMILES string of the molecule is CC(C)CN1C(=O)c2ccoc2C1=O. The highest BCUT2D eigenvalue weighted by Gasteiger charge is 2.38. The van der Waals surface area contributed by atoms with Crippen molar-refractivity contribution in [1.29, 1.82) is 0 Å². The second-order valence-electron chi connectivity index (χ2n) is 3.78. The van der Waals surface area contributed by atoms with E-state index < -0.39 is 0 Å². The molecule has 4 nitrogen and oxygen atoms in total. The van der Waals surface area contributed by atoms with Gasteiger partial charge in [-0.05, 0) is 12.0 Å². The molecule has 0 fully saturated rings. The number of rotatable bonds is 2. The monoisotopic (exact) mass is 193 g/mol. The molecular weight excluding hydrogens is 182 g/mol. The van der Waals surface area contributed by atoms with Gasteiger partial charge in [-0.25, -0.2) is 0 Å². The highest BCUT2D eigenvalue weighted by Crippen LogP contribution is 2.24. The molecule has 1 aromatic heterocycles. The van der Waals surface area contributed by atoms with Crippen LogP contribution in [0.3, 0.4) is 0 Å². The van der Waals surface area contributed by atoms with Gasteiger partial charge in [0.2, 0.25) is 5.76 Å². The fourth-order valence-corrected chi connectivity index (χ4v) is 1.53. The Hall–Kier alpha value is -1.58. The highest BCUT2D eigenvalue weighted by molar-refractivity contribution is 6.19. The quantitative estimate of drug-likeness (QED) is 0.669. The van der Waals surface area contributed by atoms with Crippen LogP contribution >= 0.6 is 0 Å². The fourth-order valence-electron chi connectivity index (χ4n) is 1.53. The van der Waals surface area contributed by atoms with E-state index in [1.54, 1.807) is 0 Å². The van der Waals surface area contributed by atoms with Crippen LogP contribution in [-0.4, -0.2) is 23.3 Å². The summed E-state index contributed by atoms with van der Waals surface area (Å²) in [6.07, 6.45) is 1.37. The van der Waals surface area contributed by atoms with E-state index in [0.29, 0.717) is 12.1 Å². The van der Waals surface area contributed by atoms with Crippen molar-refractivity contribution in [3.63, 3.8) is 0 Å². The summed E-state index contributed by atoms with van der Waals surface area (Å²) in [5.41, 5.74) is 0.385. The number of amides is 2. The third-order valence-electron chi connectivity index (χ3n) is 2.13. The molecule has 2 amide bonds. The van der Waals surface area contributed by atoms with Crippen molar-refractivity contribution in [3.8, 4) is 0 Å². The van der Waals surface area contributed by atoms with E-state index in [4.69, 9.17) is 4.42 Å². The molecule has 0 radical (unpaired) electrons. The lowest BCUT2D eigenvalue weighted by Gasteiger charge is -2.15. The average Bonchev–Trinajstić information content (AvgIpc) is 2.65. The Bertz CT molecular complexity index is 361. The van der Waals surface area contributed by atoms with E-state index in [2.05, 4.69) is 0 Å². The predicted molar refractivity (Wildman–Crippen MR) is 48.9 cm³/mol. The summed E-state index contributed by atoms with van der Waals surface area (Å²) in [5, 5.41) is 0. The molecule has 0 atom stereocenters. The molecule has 1 aliphatic heterocycles. The first-order chi connectivity index (χ1) is 6.61. The van der Waals surface area contributed by atoms with E-state index in [9.17, 15) is 9.59 Å². The summed E-state index contributed by atoms with van der Waals surface area (Å²) >= 11 is 0. The lowest BCUT2D eigenvalue weighted by atomic mass is 10.2. The van der Waals surface area contributed by atoms with Gasteiger partial charge in [0.15, 0.2) is 0 Å². The minimum Gasteiger partial charge on any atom is -0.458 e. The number of fused-ring (bicyclic) bond motifs is 1. The molecule has 1 aliphatic rings. The summed E-state index contributed by atoms with van der Waals surface area (Å²) in [7, 11) is 0. The zero-order valence-electron chi connectivity index (χ0n) is 8.11. The van der Waals surface area contributed by atoms with Crippen LogP contribution in [-0.2, 0) is 0 Å². The van der Waals surface area contributed by atoms with E-state index in [1.807, 2.05) is 13.8 Å². The largest absolute Gasteiger partial charge is 0.458 e. The minimum atomic E-state index is -0.316. The molecule has 0 saturated heterocycles. The maximum Gasteiger partial charge on any atom is 0.297 e. The van der Waals surface area contributed by atoms with Gasteiger partial charge in [0.25, 0.3) is 11.8 Å². The smallest absolute Gasteiger partial charge is 0.297 e. The van der Waals surface area contributed by atoms with Crippen molar-refractivity contribution in [2.75, 3.05) is 6.54 Å². The second-order valence-corrected chi connectivity index (χ2v) is 3.78. The number of hydrogen-bond acceptors (Lipinski definition) is 3. The standard InChI is InChI=1S/C10H11NO3/c1-6(2)5-11-9(12)7-3-4-14-8(7)10(11)13/h3-4,6H,5H2,1-2H3. The Labute approximate surface area is 81.5 Å². The summed E-state index contributed by atoms with van der Waals surface area (Å²) < 4.78 is 4.96. The lowest BCUT2D eigenvalue weighted by molar-refractivity contribution is 0.0622. The maximum atomic E-state index is 11.6. The third kappa shape index (κ3) is 1.14. The van der Waals surface area contributed by atoms with Gasteiger partial charge >= 0.3 is 0 Å². The van der Waals surface area contributed by atoms with E-state index >= 15 is 0 Å². The number of carbonyl (C=O) groups is 2. The Kier molecular flexibility index (Phi) is 1.91. The number of nitrogens with zero attached hydrogens (tertiary/aromatic N) is 1. The summed E-state index contributed by atoms with van der Waals surface area (Å²) in [6, 6.07) is 1.54. The number of carbonyl (C=O) groups excluding carboxylic acids is 2. The Morgan fingerprint density at radius 2 is 2.07 bits per heavy atom. The molecule has 1 aromatic rings. The van der Waals surface area contributed by atoms with E-state index in [1.165, 1.54) is 17.2 Å². The van der Waals surface area contributed by atoms with E-state index in [-0.39, 0.29) is 23.5 Å². The van der Waals surface area contributed by atoms with Crippen LogP contribution in [0.5, 0.6) is 0 Å².